The maximum absolute atomic E-state index is 12.4. The summed E-state index contributed by atoms with van der Waals surface area (Å²) in [5.41, 5.74) is 2.16. The molecular weight excluding hydrogens is 548 g/mol. The fraction of sp³-hybridized carbons (Fsp3) is 0.138. The third kappa shape index (κ3) is 7.49. The molecular formula is C29H27ClN6O5. The van der Waals surface area contributed by atoms with E-state index in [1.54, 1.807) is 31.2 Å². The number of ether oxygens (including phenoxy) is 1. The number of halogens is 1. The predicted molar refractivity (Wildman–Crippen MR) is 158 cm³/mol. The molecule has 4 N–H and O–H groups in total. The van der Waals surface area contributed by atoms with Gasteiger partial charge in [0.2, 0.25) is 5.82 Å². The van der Waals surface area contributed by atoms with Crippen LogP contribution in [0.5, 0.6) is 0 Å². The number of oxime groups is 1. The molecule has 0 spiro atoms. The van der Waals surface area contributed by atoms with Gasteiger partial charge >= 0.3 is 11.8 Å². The van der Waals surface area contributed by atoms with E-state index in [1.807, 2.05) is 60.7 Å². The summed E-state index contributed by atoms with van der Waals surface area (Å²) in [4.78, 5) is 28.4. The average molecular weight is 575 g/mol. The van der Waals surface area contributed by atoms with Crippen molar-refractivity contribution >= 4 is 46.4 Å². The number of carbonyl (C=O) groups is 1. The minimum atomic E-state index is -0.771. The van der Waals surface area contributed by atoms with Gasteiger partial charge in [0.1, 0.15) is 17.2 Å². The first kappa shape index (κ1) is 28.8. The van der Waals surface area contributed by atoms with E-state index in [9.17, 15) is 20.1 Å². The Morgan fingerprint density at radius 2 is 1.66 bits per heavy atom. The molecule has 0 aliphatic carbocycles. The number of benzene rings is 3. The van der Waals surface area contributed by atoms with Gasteiger partial charge in [0.15, 0.2) is 0 Å². The molecule has 0 fully saturated rings. The first-order chi connectivity index (χ1) is 19.9. The predicted octanol–water partition coefficient (Wildman–Crippen LogP) is 6.70. The molecule has 0 unspecified atom stereocenters. The van der Waals surface area contributed by atoms with E-state index in [0.717, 1.165) is 11.1 Å². The van der Waals surface area contributed by atoms with Gasteiger partial charge in [-0.15, -0.1) is 0 Å². The Kier molecular flexibility index (Phi) is 9.68. The summed E-state index contributed by atoms with van der Waals surface area (Å²) in [6.45, 7) is 1.64. The average Bonchev–Trinajstić information content (AvgIpc) is 2.97. The zero-order chi connectivity index (χ0) is 29.2. The molecule has 4 aromatic rings. The fourth-order valence-electron chi connectivity index (χ4n) is 4.10. The van der Waals surface area contributed by atoms with Crippen molar-refractivity contribution in [1.29, 1.82) is 0 Å². The highest BCUT2D eigenvalue weighted by Gasteiger charge is 2.27. The number of hydrogen-bond acceptors (Lipinski definition) is 9. The first-order valence-electron chi connectivity index (χ1n) is 12.6. The third-order valence-electron chi connectivity index (χ3n) is 5.97. The van der Waals surface area contributed by atoms with Crippen molar-refractivity contribution in [1.82, 2.24) is 4.98 Å². The van der Waals surface area contributed by atoms with E-state index in [0.29, 0.717) is 10.6 Å². The van der Waals surface area contributed by atoms with Crippen LogP contribution in [0.3, 0.4) is 0 Å². The molecule has 1 aromatic heterocycles. The van der Waals surface area contributed by atoms with Crippen LogP contribution in [-0.2, 0) is 4.74 Å². The number of hydrogen-bond donors (Lipinski definition) is 4. The van der Waals surface area contributed by atoms with E-state index < -0.39 is 17.1 Å². The van der Waals surface area contributed by atoms with Crippen LogP contribution in [0.2, 0.25) is 5.02 Å². The van der Waals surface area contributed by atoms with Gasteiger partial charge < -0.3 is 20.6 Å². The highest BCUT2D eigenvalue weighted by Crippen LogP contribution is 2.38. The molecule has 0 atom stereocenters. The van der Waals surface area contributed by atoms with Crippen LogP contribution in [-0.4, -0.2) is 40.1 Å². The van der Waals surface area contributed by atoms with Crippen molar-refractivity contribution in [2.24, 2.45) is 5.16 Å². The zero-order valence-electron chi connectivity index (χ0n) is 22.0. The minimum absolute atomic E-state index is 0.00732. The largest absolute Gasteiger partial charge is 0.450 e. The smallest absolute Gasteiger partial charge is 0.412 e. The van der Waals surface area contributed by atoms with Crippen LogP contribution >= 0.6 is 11.6 Å². The summed E-state index contributed by atoms with van der Waals surface area (Å²) in [5.74, 6) is -0.158. The number of amides is 1. The second kappa shape index (κ2) is 13.8. The molecule has 1 amide bonds. The summed E-state index contributed by atoms with van der Waals surface area (Å²) < 4.78 is 4.98. The zero-order valence-corrected chi connectivity index (χ0v) is 22.7. The lowest BCUT2D eigenvalue weighted by Crippen LogP contribution is -2.20. The Labute approximate surface area is 241 Å². The summed E-state index contributed by atoms with van der Waals surface area (Å²) in [5, 5.41) is 34.6. The second-order valence-electron chi connectivity index (χ2n) is 8.66. The van der Waals surface area contributed by atoms with Gasteiger partial charge in [-0.1, -0.05) is 89.6 Å². The molecule has 11 nitrogen and oxygen atoms in total. The normalized spacial score (nSPS) is 11.1. The number of pyridine rings is 1. The summed E-state index contributed by atoms with van der Waals surface area (Å²) in [6.07, 6.45) is -0.771. The molecule has 12 heteroatoms. The molecule has 0 bridgehead atoms. The van der Waals surface area contributed by atoms with Gasteiger partial charge in [-0.05, 0) is 30.2 Å². The number of nitrogens with one attached hydrogen (secondary N) is 3. The highest BCUT2D eigenvalue weighted by atomic mass is 35.5. The Hall–Kier alpha value is -5.16. The van der Waals surface area contributed by atoms with Gasteiger partial charge in [-0.25, -0.2) is 9.78 Å². The van der Waals surface area contributed by atoms with E-state index in [-0.39, 0.29) is 41.9 Å². The monoisotopic (exact) mass is 574 g/mol. The Morgan fingerprint density at radius 3 is 2.20 bits per heavy atom. The van der Waals surface area contributed by atoms with Crippen LogP contribution < -0.4 is 16.0 Å². The molecule has 4 rings (SSSR count). The minimum Gasteiger partial charge on any atom is -0.450 e. The van der Waals surface area contributed by atoms with Crippen molar-refractivity contribution in [3.8, 4) is 0 Å². The van der Waals surface area contributed by atoms with Crippen LogP contribution in [0, 0.1) is 10.1 Å². The van der Waals surface area contributed by atoms with E-state index in [4.69, 9.17) is 16.3 Å². The van der Waals surface area contributed by atoms with Gasteiger partial charge in [-0.3, -0.25) is 15.4 Å². The Balaban J connectivity index is 1.77. The van der Waals surface area contributed by atoms with E-state index in [1.165, 1.54) is 6.07 Å². The number of nitrogens with zero attached hydrogens (tertiary/aromatic N) is 3. The van der Waals surface area contributed by atoms with Gasteiger partial charge in [0.25, 0.3) is 0 Å². The number of rotatable bonds is 11. The lowest BCUT2D eigenvalue weighted by molar-refractivity contribution is -0.383. The van der Waals surface area contributed by atoms with E-state index in [2.05, 4.69) is 26.1 Å². The van der Waals surface area contributed by atoms with Crippen LogP contribution in [0.25, 0.3) is 0 Å². The Morgan fingerprint density at radius 1 is 1.05 bits per heavy atom. The molecule has 3 aromatic carbocycles. The van der Waals surface area contributed by atoms with Gasteiger partial charge in [0, 0.05) is 16.7 Å². The van der Waals surface area contributed by atoms with Crippen LogP contribution in [0.4, 0.5) is 27.8 Å². The molecule has 41 heavy (non-hydrogen) atoms. The second-order valence-corrected chi connectivity index (χ2v) is 9.10. The van der Waals surface area contributed by atoms with E-state index >= 15 is 0 Å². The van der Waals surface area contributed by atoms with Crippen molar-refractivity contribution in [3.63, 3.8) is 0 Å². The standard InChI is InChI=1S/C29H27ClN6O5/c1-2-41-29(37)34-25-17-23(32-26(20-9-5-3-6-10-20)21-11-7-4-8-12-21)27(36(39)40)28(33-25)31-18-24(35-38)19-13-15-22(30)16-14-19/h3-17,26,38H,2,18H2,1H3,(H3,31,32,33,34,37)/b35-24-. The highest BCUT2D eigenvalue weighted by molar-refractivity contribution is 6.30. The summed E-state index contributed by atoms with van der Waals surface area (Å²) in [7, 11) is 0. The molecule has 0 radical (unpaired) electrons. The lowest BCUT2D eigenvalue weighted by Gasteiger charge is -2.22. The van der Waals surface area contributed by atoms with Crippen LogP contribution in [0.1, 0.15) is 29.7 Å². The van der Waals surface area contributed by atoms with Gasteiger partial charge in [0.05, 0.1) is 24.1 Å². The first-order valence-corrected chi connectivity index (χ1v) is 13.0. The molecule has 0 saturated carbocycles. The number of nitro groups is 1. The summed E-state index contributed by atoms with van der Waals surface area (Å²) >= 11 is 5.96. The van der Waals surface area contributed by atoms with Crippen molar-refractivity contribution < 1.29 is 19.7 Å². The topological polar surface area (TPSA) is 151 Å². The summed E-state index contributed by atoms with van der Waals surface area (Å²) in [6, 6.07) is 26.3. The lowest BCUT2D eigenvalue weighted by atomic mass is 9.98. The number of carbonyl (C=O) groups excluding carboxylic acids is 1. The molecule has 0 saturated heterocycles. The van der Waals surface area contributed by atoms with Crippen LogP contribution in [0.15, 0.2) is 96.2 Å². The molecule has 0 aliphatic heterocycles. The molecule has 1 heterocycles. The third-order valence-corrected chi connectivity index (χ3v) is 6.22. The maximum atomic E-state index is 12.4. The molecule has 0 aliphatic rings. The quantitative estimate of drug-likeness (QED) is 0.0668. The number of aromatic nitrogens is 1. The maximum Gasteiger partial charge on any atom is 0.412 e. The Bertz CT molecular complexity index is 1480. The number of anilines is 3. The van der Waals surface area contributed by atoms with Crippen molar-refractivity contribution in [3.05, 3.63) is 123 Å². The van der Waals surface area contributed by atoms with Gasteiger partial charge in [-0.2, -0.15) is 0 Å². The SMILES string of the molecule is CCOC(=O)Nc1cc(NC(c2ccccc2)c2ccccc2)c([N+](=O)[O-])c(NC/C(=N/O)c2ccc(Cl)cc2)n1. The fourth-order valence-corrected chi connectivity index (χ4v) is 4.23. The van der Waals surface area contributed by atoms with Crippen molar-refractivity contribution in [2.75, 3.05) is 29.1 Å². The van der Waals surface area contributed by atoms with Crippen molar-refractivity contribution in [2.45, 2.75) is 13.0 Å². The molecule has 210 valence electrons.